The molecule has 7 nitrogen and oxygen atoms in total. The Bertz CT molecular complexity index is 1240. The van der Waals surface area contributed by atoms with Gasteiger partial charge >= 0.3 is 0 Å². The van der Waals surface area contributed by atoms with E-state index < -0.39 is 0 Å². The predicted octanol–water partition coefficient (Wildman–Crippen LogP) is 3.95. The second kappa shape index (κ2) is 8.32. The minimum atomic E-state index is -0.355. The standard InChI is InChI=1S/C23H22N4O3/c1-3-16-6-8-17(9-7-16)20-21-22(30-26-20)23(29)27(14-24-21)13-12-19(28)25-18-10-4-15(2)5-11-18/h4-11,14H,3,12-13H2,1-2H3,(H,25,28). The number of fused-ring (bicyclic) bond motifs is 1. The molecular weight excluding hydrogens is 380 g/mol. The topological polar surface area (TPSA) is 90.0 Å². The van der Waals surface area contributed by atoms with Crippen molar-refractivity contribution in [2.75, 3.05) is 5.32 Å². The summed E-state index contributed by atoms with van der Waals surface area (Å²) in [5, 5.41) is 6.87. The maximum Gasteiger partial charge on any atom is 0.299 e. The fourth-order valence-corrected chi connectivity index (χ4v) is 3.19. The molecule has 0 aliphatic rings. The highest BCUT2D eigenvalue weighted by Crippen LogP contribution is 2.24. The Hall–Kier alpha value is -3.74. The highest BCUT2D eigenvalue weighted by Gasteiger charge is 2.16. The molecule has 0 saturated heterocycles. The molecule has 0 radical (unpaired) electrons. The monoisotopic (exact) mass is 402 g/mol. The van der Waals surface area contributed by atoms with Crippen molar-refractivity contribution in [1.29, 1.82) is 0 Å². The molecule has 152 valence electrons. The first-order valence-electron chi connectivity index (χ1n) is 9.86. The van der Waals surface area contributed by atoms with Gasteiger partial charge in [0.25, 0.3) is 11.1 Å². The number of carbonyl (C=O) groups excluding carboxylic acids is 1. The Morgan fingerprint density at radius 2 is 1.83 bits per heavy atom. The van der Waals surface area contributed by atoms with Crippen LogP contribution in [-0.4, -0.2) is 20.6 Å². The molecule has 4 aromatic rings. The fraction of sp³-hybridized carbons (Fsp3) is 0.217. The van der Waals surface area contributed by atoms with E-state index in [9.17, 15) is 9.59 Å². The van der Waals surface area contributed by atoms with Gasteiger partial charge in [0.05, 0.1) is 6.33 Å². The minimum absolute atomic E-state index is 0.0889. The first kappa shape index (κ1) is 19.6. The van der Waals surface area contributed by atoms with Crippen LogP contribution in [0.5, 0.6) is 0 Å². The van der Waals surface area contributed by atoms with E-state index in [1.54, 1.807) is 0 Å². The Balaban J connectivity index is 1.50. The van der Waals surface area contributed by atoms with Gasteiger partial charge in [-0.15, -0.1) is 0 Å². The molecular formula is C23H22N4O3. The summed E-state index contributed by atoms with van der Waals surface area (Å²) in [6.07, 6.45) is 2.52. The quantitative estimate of drug-likeness (QED) is 0.527. The van der Waals surface area contributed by atoms with Gasteiger partial charge in [-0.25, -0.2) is 4.98 Å². The molecule has 2 aromatic carbocycles. The average molecular weight is 402 g/mol. The number of rotatable bonds is 6. The number of aromatic nitrogens is 3. The fourth-order valence-electron chi connectivity index (χ4n) is 3.19. The first-order chi connectivity index (χ1) is 14.5. The minimum Gasteiger partial charge on any atom is -0.348 e. The van der Waals surface area contributed by atoms with Crippen LogP contribution in [0.1, 0.15) is 24.5 Å². The summed E-state index contributed by atoms with van der Waals surface area (Å²) < 4.78 is 6.67. The number of hydrogen-bond donors (Lipinski definition) is 1. The summed E-state index contributed by atoms with van der Waals surface area (Å²) in [5.41, 5.74) is 4.59. The van der Waals surface area contributed by atoms with Gasteiger partial charge in [0.2, 0.25) is 5.91 Å². The summed E-state index contributed by atoms with van der Waals surface area (Å²) in [7, 11) is 0. The second-order valence-electron chi connectivity index (χ2n) is 7.17. The third kappa shape index (κ3) is 4.00. The summed E-state index contributed by atoms with van der Waals surface area (Å²) in [5.74, 6) is -0.180. The van der Waals surface area contributed by atoms with E-state index in [1.165, 1.54) is 16.5 Å². The van der Waals surface area contributed by atoms with Crippen molar-refractivity contribution in [3.8, 4) is 11.3 Å². The molecule has 7 heteroatoms. The number of aryl methyl sites for hydroxylation is 3. The zero-order chi connectivity index (χ0) is 21.1. The van der Waals surface area contributed by atoms with Gasteiger partial charge in [0, 0.05) is 24.2 Å². The molecule has 0 saturated carbocycles. The first-order valence-corrected chi connectivity index (χ1v) is 9.86. The summed E-state index contributed by atoms with van der Waals surface area (Å²) in [6, 6.07) is 15.5. The van der Waals surface area contributed by atoms with Crippen molar-refractivity contribution in [1.82, 2.24) is 14.7 Å². The van der Waals surface area contributed by atoms with Gasteiger partial charge in [-0.1, -0.05) is 54.0 Å². The average Bonchev–Trinajstić information content (AvgIpc) is 3.20. The Labute approximate surface area is 173 Å². The molecule has 2 heterocycles. The van der Waals surface area contributed by atoms with Crippen LogP contribution in [0.4, 0.5) is 5.69 Å². The number of hydrogen-bond acceptors (Lipinski definition) is 5. The third-order valence-corrected chi connectivity index (χ3v) is 5.00. The maximum atomic E-state index is 12.7. The van der Waals surface area contributed by atoms with E-state index >= 15 is 0 Å². The van der Waals surface area contributed by atoms with Crippen molar-refractivity contribution in [3.63, 3.8) is 0 Å². The molecule has 0 aliphatic heterocycles. The normalized spacial score (nSPS) is 11.0. The molecule has 0 spiro atoms. The van der Waals surface area contributed by atoms with Gasteiger partial charge in [0.15, 0.2) is 0 Å². The van der Waals surface area contributed by atoms with Gasteiger partial charge in [-0.3, -0.25) is 14.2 Å². The van der Waals surface area contributed by atoms with Crippen LogP contribution in [0.15, 0.2) is 64.2 Å². The lowest BCUT2D eigenvalue weighted by Crippen LogP contribution is -2.23. The number of nitrogens with zero attached hydrogens (tertiary/aromatic N) is 3. The van der Waals surface area contributed by atoms with Crippen LogP contribution < -0.4 is 10.9 Å². The molecule has 0 aliphatic carbocycles. The zero-order valence-corrected chi connectivity index (χ0v) is 16.9. The van der Waals surface area contributed by atoms with Crippen LogP contribution in [-0.2, 0) is 17.8 Å². The second-order valence-corrected chi connectivity index (χ2v) is 7.17. The molecule has 0 fully saturated rings. The summed E-state index contributed by atoms with van der Waals surface area (Å²) in [6.45, 7) is 4.27. The van der Waals surface area contributed by atoms with Crippen molar-refractivity contribution in [3.05, 3.63) is 76.3 Å². The van der Waals surface area contributed by atoms with Crippen LogP contribution >= 0.6 is 0 Å². The van der Waals surface area contributed by atoms with Crippen LogP contribution in [0.25, 0.3) is 22.4 Å². The highest BCUT2D eigenvalue weighted by atomic mass is 16.5. The van der Waals surface area contributed by atoms with Gasteiger partial charge < -0.3 is 9.84 Å². The van der Waals surface area contributed by atoms with Crippen molar-refractivity contribution < 1.29 is 9.32 Å². The lowest BCUT2D eigenvalue weighted by atomic mass is 10.1. The lowest BCUT2D eigenvalue weighted by Gasteiger charge is -2.07. The molecule has 4 rings (SSSR count). The third-order valence-electron chi connectivity index (χ3n) is 5.00. The van der Waals surface area contributed by atoms with E-state index in [0.29, 0.717) is 11.2 Å². The van der Waals surface area contributed by atoms with E-state index in [-0.39, 0.29) is 30.0 Å². The smallest absolute Gasteiger partial charge is 0.299 e. The molecule has 0 atom stereocenters. The van der Waals surface area contributed by atoms with Crippen molar-refractivity contribution >= 4 is 22.7 Å². The Morgan fingerprint density at radius 3 is 2.53 bits per heavy atom. The summed E-state index contributed by atoms with van der Waals surface area (Å²) >= 11 is 0. The molecule has 30 heavy (non-hydrogen) atoms. The van der Waals surface area contributed by atoms with Crippen molar-refractivity contribution in [2.24, 2.45) is 0 Å². The number of nitrogens with one attached hydrogen (secondary N) is 1. The summed E-state index contributed by atoms with van der Waals surface area (Å²) in [4.78, 5) is 29.3. The Kier molecular flexibility index (Phi) is 5.43. The van der Waals surface area contributed by atoms with Crippen LogP contribution in [0.2, 0.25) is 0 Å². The van der Waals surface area contributed by atoms with E-state index in [1.807, 2.05) is 55.5 Å². The van der Waals surface area contributed by atoms with E-state index in [4.69, 9.17) is 4.52 Å². The highest BCUT2D eigenvalue weighted by molar-refractivity contribution is 5.90. The van der Waals surface area contributed by atoms with Crippen LogP contribution in [0, 0.1) is 6.92 Å². The predicted molar refractivity (Wildman–Crippen MR) is 115 cm³/mol. The molecule has 2 aromatic heterocycles. The number of anilines is 1. The van der Waals surface area contributed by atoms with E-state index in [2.05, 4.69) is 22.4 Å². The van der Waals surface area contributed by atoms with Crippen LogP contribution in [0.3, 0.4) is 0 Å². The van der Waals surface area contributed by atoms with E-state index in [0.717, 1.165) is 23.2 Å². The largest absolute Gasteiger partial charge is 0.348 e. The molecule has 0 bridgehead atoms. The number of benzene rings is 2. The lowest BCUT2D eigenvalue weighted by molar-refractivity contribution is -0.116. The molecule has 1 N–H and O–H groups in total. The van der Waals surface area contributed by atoms with Gasteiger partial charge in [-0.2, -0.15) is 0 Å². The zero-order valence-electron chi connectivity index (χ0n) is 16.9. The van der Waals surface area contributed by atoms with Crippen molar-refractivity contribution in [2.45, 2.75) is 33.2 Å². The van der Waals surface area contributed by atoms with Gasteiger partial charge in [0.1, 0.15) is 11.2 Å². The number of carbonyl (C=O) groups is 1. The SMILES string of the molecule is CCc1ccc(-c2noc3c(=O)n(CCC(=O)Nc4ccc(C)cc4)cnc23)cc1. The maximum absolute atomic E-state index is 12.7. The molecule has 1 amide bonds. The molecule has 0 unspecified atom stereocenters. The van der Waals surface area contributed by atoms with Gasteiger partial charge in [-0.05, 0) is 31.0 Å². The Morgan fingerprint density at radius 1 is 1.10 bits per heavy atom. The number of amides is 1.